The Labute approximate surface area is 102 Å². The van der Waals surface area contributed by atoms with Crippen LogP contribution in [0.3, 0.4) is 0 Å². The smallest absolute Gasteiger partial charge is 0.203 e. The largest absolute Gasteiger partial charge is 0.493 e. The van der Waals surface area contributed by atoms with Gasteiger partial charge in [0.2, 0.25) is 5.75 Å². The van der Waals surface area contributed by atoms with Crippen LogP contribution in [0, 0.1) is 0 Å². The van der Waals surface area contributed by atoms with Crippen molar-refractivity contribution in [2.24, 2.45) is 5.73 Å². The third-order valence-electron chi connectivity index (χ3n) is 3.31. The molecule has 0 saturated heterocycles. The first-order valence-corrected chi connectivity index (χ1v) is 5.80. The van der Waals surface area contributed by atoms with Gasteiger partial charge in [-0.3, -0.25) is 0 Å². The molecule has 0 aliphatic heterocycles. The summed E-state index contributed by atoms with van der Waals surface area (Å²) in [5, 5.41) is 0. The molecule has 0 amide bonds. The molecule has 1 aliphatic rings. The molecule has 94 valence electrons. The maximum Gasteiger partial charge on any atom is 0.203 e. The Balaban J connectivity index is 2.64. The van der Waals surface area contributed by atoms with Crippen LogP contribution in [-0.4, -0.2) is 21.3 Å². The fourth-order valence-electron chi connectivity index (χ4n) is 2.48. The van der Waals surface area contributed by atoms with Crippen LogP contribution in [0.1, 0.15) is 30.0 Å². The van der Waals surface area contributed by atoms with E-state index >= 15 is 0 Å². The van der Waals surface area contributed by atoms with Gasteiger partial charge in [0, 0.05) is 11.6 Å². The van der Waals surface area contributed by atoms with Crippen LogP contribution < -0.4 is 19.9 Å². The molecule has 0 spiro atoms. The van der Waals surface area contributed by atoms with Crippen LogP contribution in [0.5, 0.6) is 17.2 Å². The Bertz CT molecular complexity index is 418. The van der Waals surface area contributed by atoms with E-state index in [1.807, 2.05) is 6.07 Å². The number of hydrogen-bond donors (Lipinski definition) is 1. The molecule has 4 heteroatoms. The third-order valence-corrected chi connectivity index (χ3v) is 3.31. The zero-order valence-corrected chi connectivity index (χ0v) is 10.6. The molecule has 0 unspecified atom stereocenters. The molecule has 1 aromatic carbocycles. The predicted molar refractivity (Wildman–Crippen MR) is 66.0 cm³/mol. The van der Waals surface area contributed by atoms with Gasteiger partial charge < -0.3 is 19.9 Å². The molecule has 2 rings (SSSR count). The van der Waals surface area contributed by atoms with Gasteiger partial charge in [-0.2, -0.15) is 0 Å². The van der Waals surface area contributed by atoms with Crippen molar-refractivity contribution in [2.75, 3.05) is 21.3 Å². The number of hydrogen-bond acceptors (Lipinski definition) is 4. The standard InChI is InChI=1S/C13H19NO3/c1-15-11-7-9-8(5-4-6-10(9)14)12(16-2)13(11)17-3/h7,10H,4-6,14H2,1-3H3/t10-/m0/s1. The van der Waals surface area contributed by atoms with Gasteiger partial charge in [0.25, 0.3) is 0 Å². The van der Waals surface area contributed by atoms with Gasteiger partial charge in [0.15, 0.2) is 11.5 Å². The van der Waals surface area contributed by atoms with E-state index in [0.717, 1.165) is 36.1 Å². The van der Waals surface area contributed by atoms with E-state index in [-0.39, 0.29) is 6.04 Å². The van der Waals surface area contributed by atoms with E-state index < -0.39 is 0 Å². The highest BCUT2D eigenvalue weighted by Gasteiger charge is 2.25. The molecule has 17 heavy (non-hydrogen) atoms. The molecular formula is C13H19NO3. The summed E-state index contributed by atoms with van der Waals surface area (Å²) in [5.41, 5.74) is 8.41. The maximum absolute atomic E-state index is 6.13. The number of benzene rings is 1. The first-order chi connectivity index (χ1) is 8.22. The van der Waals surface area contributed by atoms with Crippen molar-refractivity contribution in [3.8, 4) is 17.2 Å². The summed E-state index contributed by atoms with van der Waals surface area (Å²) in [6.07, 6.45) is 3.07. The molecule has 0 aromatic heterocycles. The number of ether oxygens (including phenoxy) is 3. The van der Waals surface area contributed by atoms with Gasteiger partial charge in [-0.1, -0.05) is 0 Å². The maximum atomic E-state index is 6.13. The number of methoxy groups -OCH3 is 3. The van der Waals surface area contributed by atoms with Crippen molar-refractivity contribution in [1.82, 2.24) is 0 Å². The molecular weight excluding hydrogens is 218 g/mol. The Kier molecular flexibility index (Phi) is 3.43. The summed E-state index contributed by atoms with van der Waals surface area (Å²) >= 11 is 0. The van der Waals surface area contributed by atoms with Gasteiger partial charge in [-0.05, 0) is 30.9 Å². The Morgan fingerprint density at radius 2 is 1.82 bits per heavy atom. The molecule has 1 aromatic rings. The van der Waals surface area contributed by atoms with E-state index in [2.05, 4.69) is 0 Å². The summed E-state index contributed by atoms with van der Waals surface area (Å²) in [6.45, 7) is 0. The fourth-order valence-corrected chi connectivity index (χ4v) is 2.48. The van der Waals surface area contributed by atoms with E-state index in [1.54, 1.807) is 21.3 Å². The van der Waals surface area contributed by atoms with Crippen molar-refractivity contribution in [3.05, 3.63) is 17.2 Å². The predicted octanol–water partition coefficient (Wildman–Crippen LogP) is 2.05. The lowest BCUT2D eigenvalue weighted by molar-refractivity contribution is 0.319. The summed E-state index contributed by atoms with van der Waals surface area (Å²) in [4.78, 5) is 0. The highest BCUT2D eigenvalue weighted by Crippen LogP contribution is 2.46. The van der Waals surface area contributed by atoms with Crippen LogP contribution in [0.2, 0.25) is 0 Å². The lowest BCUT2D eigenvalue weighted by atomic mass is 9.87. The summed E-state index contributed by atoms with van der Waals surface area (Å²) in [5.74, 6) is 2.10. The monoisotopic (exact) mass is 237 g/mol. The molecule has 4 nitrogen and oxygen atoms in total. The first-order valence-electron chi connectivity index (χ1n) is 5.80. The topological polar surface area (TPSA) is 53.7 Å². The summed E-state index contributed by atoms with van der Waals surface area (Å²) in [6, 6.07) is 2.04. The van der Waals surface area contributed by atoms with Gasteiger partial charge in [0.05, 0.1) is 21.3 Å². The van der Waals surface area contributed by atoms with Crippen molar-refractivity contribution >= 4 is 0 Å². The van der Waals surface area contributed by atoms with E-state index in [9.17, 15) is 0 Å². The molecule has 0 bridgehead atoms. The van der Waals surface area contributed by atoms with E-state index in [4.69, 9.17) is 19.9 Å². The molecule has 0 fully saturated rings. The van der Waals surface area contributed by atoms with Crippen molar-refractivity contribution < 1.29 is 14.2 Å². The average Bonchev–Trinajstić information content (AvgIpc) is 2.36. The molecule has 2 N–H and O–H groups in total. The minimum atomic E-state index is 0.0625. The van der Waals surface area contributed by atoms with Gasteiger partial charge in [-0.25, -0.2) is 0 Å². The van der Waals surface area contributed by atoms with Crippen LogP contribution in [0.25, 0.3) is 0 Å². The summed E-state index contributed by atoms with van der Waals surface area (Å²) in [7, 11) is 4.89. The molecule has 1 atom stereocenters. The fraction of sp³-hybridized carbons (Fsp3) is 0.538. The minimum Gasteiger partial charge on any atom is -0.493 e. The van der Waals surface area contributed by atoms with Crippen LogP contribution >= 0.6 is 0 Å². The van der Waals surface area contributed by atoms with Crippen LogP contribution in [0.4, 0.5) is 0 Å². The lowest BCUT2D eigenvalue weighted by Gasteiger charge is -2.26. The van der Waals surface area contributed by atoms with E-state index in [0.29, 0.717) is 11.5 Å². The Morgan fingerprint density at radius 1 is 1.12 bits per heavy atom. The number of rotatable bonds is 3. The Hall–Kier alpha value is -1.42. The zero-order valence-electron chi connectivity index (χ0n) is 10.6. The second-order valence-electron chi connectivity index (χ2n) is 4.21. The highest BCUT2D eigenvalue weighted by molar-refractivity contribution is 5.60. The molecule has 0 radical (unpaired) electrons. The summed E-state index contributed by atoms with van der Waals surface area (Å²) < 4.78 is 16.2. The number of nitrogens with two attached hydrogens (primary N) is 1. The second kappa shape index (κ2) is 4.84. The van der Waals surface area contributed by atoms with E-state index in [1.165, 1.54) is 0 Å². The second-order valence-corrected chi connectivity index (χ2v) is 4.21. The average molecular weight is 237 g/mol. The highest BCUT2D eigenvalue weighted by atomic mass is 16.5. The minimum absolute atomic E-state index is 0.0625. The van der Waals surface area contributed by atoms with Crippen molar-refractivity contribution in [2.45, 2.75) is 25.3 Å². The van der Waals surface area contributed by atoms with Gasteiger partial charge in [0.1, 0.15) is 0 Å². The van der Waals surface area contributed by atoms with Crippen LogP contribution in [-0.2, 0) is 6.42 Å². The first kappa shape index (κ1) is 12.0. The zero-order chi connectivity index (χ0) is 12.4. The third kappa shape index (κ3) is 1.93. The van der Waals surface area contributed by atoms with Gasteiger partial charge in [-0.15, -0.1) is 0 Å². The quantitative estimate of drug-likeness (QED) is 0.874. The number of fused-ring (bicyclic) bond motifs is 1. The molecule has 0 saturated carbocycles. The SMILES string of the molecule is COc1cc2c(c(OC)c1OC)CCC[C@@H]2N. The molecule has 1 aliphatic carbocycles. The Morgan fingerprint density at radius 3 is 2.41 bits per heavy atom. The van der Waals surface area contributed by atoms with Crippen molar-refractivity contribution in [1.29, 1.82) is 0 Å². The van der Waals surface area contributed by atoms with Crippen molar-refractivity contribution in [3.63, 3.8) is 0 Å². The molecule has 0 heterocycles. The lowest BCUT2D eigenvalue weighted by Crippen LogP contribution is -2.18. The van der Waals surface area contributed by atoms with Gasteiger partial charge >= 0.3 is 0 Å². The van der Waals surface area contributed by atoms with Crippen LogP contribution in [0.15, 0.2) is 6.07 Å². The normalized spacial score (nSPS) is 18.5.